The molecule has 0 radical (unpaired) electrons. The molecule has 2 aromatic rings. The summed E-state index contributed by atoms with van der Waals surface area (Å²) >= 11 is 0. The van der Waals surface area contributed by atoms with E-state index in [0.29, 0.717) is 5.56 Å². The summed E-state index contributed by atoms with van der Waals surface area (Å²) in [5.74, 6) is 1.66. The second kappa shape index (κ2) is 8.81. The summed E-state index contributed by atoms with van der Waals surface area (Å²) in [5.41, 5.74) is 1.74. The molecule has 1 amide bonds. The first-order valence-corrected chi connectivity index (χ1v) is 9.37. The average Bonchev–Trinajstić information content (AvgIpc) is 2.72. The fourth-order valence-electron chi connectivity index (χ4n) is 3.45. The largest absolute Gasteiger partial charge is 0.339 e. The molecule has 1 N–H and O–H groups in total. The zero-order valence-corrected chi connectivity index (χ0v) is 15.7. The van der Waals surface area contributed by atoms with E-state index in [0.717, 1.165) is 49.9 Å². The van der Waals surface area contributed by atoms with Crippen LogP contribution in [0.4, 0.5) is 11.5 Å². The molecule has 5 nitrogen and oxygen atoms in total. The number of carbonyl (C=O) groups excluding carboxylic acids is 1. The summed E-state index contributed by atoms with van der Waals surface area (Å²) in [6.07, 6.45) is 5.08. The second-order valence-corrected chi connectivity index (χ2v) is 6.93. The minimum absolute atomic E-state index is 0.0958. The van der Waals surface area contributed by atoms with Gasteiger partial charge in [0.25, 0.3) is 5.91 Å². The van der Waals surface area contributed by atoms with Gasteiger partial charge in [-0.1, -0.05) is 18.2 Å². The van der Waals surface area contributed by atoms with Crippen LogP contribution in [0, 0.1) is 5.92 Å². The van der Waals surface area contributed by atoms with Gasteiger partial charge in [0.2, 0.25) is 0 Å². The monoisotopic (exact) mass is 352 g/mol. The van der Waals surface area contributed by atoms with Crippen LogP contribution in [0.15, 0.2) is 48.7 Å². The number of nitrogens with one attached hydrogen (secondary N) is 1. The number of likely N-dealkylation sites (tertiary alicyclic amines) is 1. The molecular formula is C21H28N4O. The van der Waals surface area contributed by atoms with E-state index in [1.165, 1.54) is 6.42 Å². The normalized spacial score (nSPS) is 15.1. The van der Waals surface area contributed by atoms with Crippen molar-refractivity contribution >= 4 is 17.4 Å². The summed E-state index contributed by atoms with van der Waals surface area (Å²) in [5, 5.41) is 3.21. The zero-order valence-electron chi connectivity index (χ0n) is 15.7. The lowest BCUT2D eigenvalue weighted by atomic mass is 9.93. The van der Waals surface area contributed by atoms with E-state index in [9.17, 15) is 4.79 Å². The third-order valence-corrected chi connectivity index (χ3v) is 5.19. The third-order valence-electron chi connectivity index (χ3n) is 5.19. The molecule has 1 aliphatic rings. The molecule has 3 rings (SSSR count). The maximum atomic E-state index is 12.7. The lowest BCUT2D eigenvalue weighted by Crippen LogP contribution is -2.39. The van der Waals surface area contributed by atoms with Crippen LogP contribution in [0.3, 0.4) is 0 Å². The summed E-state index contributed by atoms with van der Waals surface area (Å²) < 4.78 is 0. The highest BCUT2D eigenvalue weighted by Gasteiger charge is 2.23. The molecule has 0 spiro atoms. The molecule has 1 aromatic heterocycles. The van der Waals surface area contributed by atoms with Crippen molar-refractivity contribution < 1.29 is 4.79 Å². The molecule has 138 valence electrons. The van der Waals surface area contributed by atoms with Crippen molar-refractivity contribution in [2.24, 2.45) is 5.92 Å². The van der Waals surface area contributed by atoms with Gasteiger partial charge in [0.05, 0.1) is 5.56 Å². The van der Waals surface area contributed by atoms with E-state index >= 15 is 0 Å². The first-order chi connectivity index (χ1) is 12.7. The van der Waals surface area contributed by atoms with E-state index < -0.39 is 0 Å². The number of amides is 1. The van der Waals surface area contributed by atoms with Crippen LogP contribution < -0.4 is 10.2 Å². The van der Waals surface area contributed by atoms with Crippen LogP contribution in [0.1, 0.15) is 29.6 Å². The standard InChI is InChI=1S/C21H28N4O/c1-22-13-10-17-11-14-25(15-12-17)21(26)18-8-9-20(23-16-18)24(2)19-6-4-3-5-7-19/h3-9,16-17,22H,10-15H2,1-2H3. The Bertz CT molecular complexity index is 694. The lowest BCUT2D eigenvalue weighted by molar-refractivity contribution is 0.0687. The summed E-state index contributed by atoms with van der Waals surface area (Å²) in [6, 6.07) is 13.9. The van der Waals surface area contributed by atoms with Crippen LogP contribution >= 0.6 is 0 Å². The van der Waals surface area contributed by atoms with Crippen LogP contribution in [0.5, 0.6) is 0 Å². The van der Waals surface area contributed by atoms with Gasteiger partial charge >= 0.3 is 0 Å². The number of piperidine rings is 1. The number of anilines is 2. The van der Waals surface area contributed by atoms with Crippen molar-refractivity contribution in [3.05, 3.63) is 54.2 Å². The molecule has 0 atom stereocenters. The Labute approximate surface area is 156 Å². The Kier molecular flexibility index (Phi) is 6.23. The van der Waals surface area contributed by atoms with Gasteiger partial charge in [-0.25, -0.2) is 4.98 Å². The molecule has 5 heteroatoms. The molecule has 1 aliphatic heterocycles. The number of pyridine rings is 1. The molecule has 0 saturated carbocycles. The van der Waals surface area contributed by atoms with Gasteiger partial charge < -0.3 is 15.1 Å². The highest BCUT2D eigenvalue weighted by atomic mass is 16.2. The second-order valence-electron chi connectivity index (χ2n) is 6.93. The predicted molar refractivity (Wildman–Crippen MR) is 106 cm³/mol. The van der Waals surface area contributed by atoms with Gasteiger partial charge in [0.15, 0.2) is 0 Å². The molecular weight excluding hydrogens is 324 g/mol. The average molecular weight is 352 g/mol. The van der Waals surface area contributed by atoms with Crippen LogP contribution in [0.2, 0.25) is 0 Å². The molecule has 0 aliphatic carbocycles. The van der Waals surface area contributed by atoms with E-state index in [1.807, 2.05) is 66.4 Å². The quantitative estimate of drug-likeness (QED) is 0.866. The van der Waals surface area contributed by atoms with Crippen molar-refractivity contribution in [3.8, 4) is 0 Å². The van der Waals surface area contributed by atoms with Gasteiger partial charge in [0, 0.05) is 32.0 Å². The topological polar surface area (TPSA) is 48.5 Å². The molecule has 2 heterocycles. The number of benzene rings is 1. The molecule has 1 aromatic carbocycles. The molecule has 1 fully saturated rings. The Hall–Kier alpha value is -2.40. The number of aromatic nitrogens is 1. The minimum atomic E-state index is 0.0958. The molecule has 0 unspecified atom stereocenters. The highest BCUT2D eigenvalue weighted by Crippen LogP contribution is 2.23. The fourth-order valence-corrected chi connectivity index (χ4v) is 3.45. The summed E-state index contributed by atoms with van der Waals surface area (Å²) in [6.45, 7) is 2.75. The predicted octanol–water partition coefficient (Wildman–Crippen LogP) is 3.31. The lowest BCUT2D eigenvalue weighted by Gasteiger charge is -2.32. The van der Waals surface area contributed by atoms with Crippen LogP contribution in [-0.2, 0) is 0 Å². The number of rotatable bonds is 6. The van der Waals surface area contributed by atoms with Crippen LogP contribution in [0.25, 0.3) is 0 Å². The zero-order chi connectivity index (χ0) is 18.4. The van der Waals surface area contributed by atoms with E-state index in [-0.39, 0.29) is 5.91 Å². The van der Waals surface area contributed by atoms with Gasteiger partial charge in [0.1, 0.15) is 5.82 Å². The van der Waals surface area contributed by atoms with Crippen molar-refractivity contribution in [2.45, 2.75) is 19.3 Å². The van der Waals surface area contributed by atoms with Crippen molar-refractivity contribution in [1.82, 2.24) is 15.2 Å². The summed E-state index contributed by atoms with van der Waals surface area (Å²) in [7, 11) is 3.97. The number of nitrogens with zero attached hydrogens (tertiary/aromatic N) is 3. The van der Waals surface area contributed by atoms with Gasteiger partial charge in [-0.3, -0.25) is 4.79 Å². The van der Waals surface area contributed by atoms with Crippen molar-refractivity contribution in [3.63, 3.8) is 0 Å². The van der Waals surface area contributed by atoms with Gasteiger partial charge in [-0.15, -0.1) is 0 Å². The number of para-hydroxylation sites is 1. The summed E-state index contributed by atoms with van der Waals surface area (Å²) in [4.78, 5) is 21.2. The van der Waals surface area contributed by atoms with Crippen molar-refractivity contribution in [1.29, 1.82) is 0 Å². The smallest absolute Gasteiger partial charge is 0.255 e. The van der Waals surface area contributed by atoms with E-state index in [1.54, 1.807) is 6.20 Å². The first kappa shape index (κ1) is 18.4. The highest BCUT2D eigenvalue weighted by molar-refractivity contribution is 5.94. The SMILES string of the molecule is CNCCC1CCN(C(=O)c2ccc(N(C)c3ccccc3)nc2)CC1. The van der Waals surface area contributed by atoms with Gasteiger partial charge in [-0.05, 0) is 63.0 Å². The van der Waals surface area contributed by atoms with Crippen molar-refractivity contribution in [2.75, 3.05) is 38.6 Å². The Balaban J connectivity index is 1.59. The van der Waals surface area contributed by atoms with E-state index in [4.69, 9.17) is 0 Å². The molecule has 26 heavy (non-hydrogen) atoms. The fraction of sp³-hybridized carbons (Fsp3) is 0.429. The molecule has 0 bridgehead atoms. The number of hydrogen-bond acceptors (Lipinski definition) is 4. The maximum Gasteiger partial charge on any atom is 0.255 e. The molecule has 1 saturated heterocycles. The number of hydrogen-bond donors (Lipinski definition) is 1. The number of carbonyl (C=O) groups is 1. The third kappa shape index (κ3) is 4.41. The van der Waals surface area contributed by atoms with Crippen LogP contribution in [-0.4, -0.2) is 49.5 Å². The maximum absolute atomic E-state index is 12.7. The Morgan fingerprint density at radius 1 is 1.19 bits per heavy atom. The Morgan fingerprint density at radius 2 is 1.92 bits per heavy atom. The Morgan fingerprint density at radius 3 is 2.54 bits per heavy atom. The van der Waals surface area contributed by atoms with Gasteiger partial charge in [-0.2, -0.15) is 0 Å². The first-order valence-electron chi connectivity index (χ1n) is 9.37. The van der Waals surface area contributed by atoms with E-state index in [2.05, 4.69) is 10.3 Å². The minimum Gasteiger partial charge on any atom is -0.339 e.